The van der Waals surface area contributed by atoms with Gasteiger partial charge in [0.05, 0.1) is 6.42 Å². The normalized spacial score (nSPS) is 23.5. The second-order valence-electron chi connectivity index (χ2n) is 5.55. The third kappa shape index (κ3) is 1.86. The molecule has 0 aromatic heterocycles. The lowest BCUT2D eigenvalue weighted by Gasteiger charge is -2.14. The van der Waals surface area contributed by atoms with Crippen LogP contribution < -0.4 is 9.47 Å². The van der Waals surface area contributed by atoms with Crippen molar-refractivity contribution in [1.29, 1.82) is 0 Å². The minimum Gasteiger partial charge on any atom is -0.490 e. The molecule has 4 heteroatoms. The monoisotopic (exact) mass is 262 g/mol. The summed E-state index contributed by atoms with van der Waals surface area (Å²) < 4.78 is 11.7. The Kier molecular flexibility index (Phi) is 2.69. The van der Waals surface area contributed by atoms with Gasteiger partial charge in [-0.25, -0.2) is 0 Å². The van der Waals surface area contributed by atoms with Gasteiger partial charge >= 0.3 is 5.97 Å². The van der Waals surface area contributed by atoms with Crippen LogP contribution in [0.5, 0.6) is 11.5 Å². The van der Waals surface area contributed by atoms with Gasteiger partial charge in [-0.05, 0) is 26.3 Å². The Morgan fingerprint density at radius 3 is 2.37 bits per heavy atom. The lowest BCUT2D eigenvalue weighted by molar-refractivity contribution is -0.136. The number of carbonyl (C=O) groups is 1. The zero-order valence-corrected chi connectivity index (χ0v) is 11.4. The Morgan fingerprint density at radius 2 is 1.74 bits per heavy atom. The molecule has 19 heavy (non-hydrogen) atoms. The van der Waals surface area contributed by atoms with Gasteiger partial charge < -0.3 is 14.6 Å². The molecule has 0 radical (unpaired) electrons. The maximum Gasteiger partial charge on any atom is 0.307 e. The van der Waals surface area contributed by atoms with Crippen LogP contribution in [-0.2, 0) is 24.1 Å². The lowest BCUT2D eigenvalue weighted by Crippen LogP contribution is -2.09. The van der Waals surface area contributed by atoms with Crippen molar-refractivity contribution in [2.24, 2.45) is 0 Å². The standard InChI is InChI=1S/C15H18O4/c1-7-4-10-9(3)14-11(5-8(2)18-14)12(6-13(16)17)15(10)19-7/h7-8H,4-6H2,1-3H3,(H,16,17). The average Bonchev–Trinajstić information content (AvgIpc) is 2.87. The average molecular weight is 262 g/mol. The maximum atomic E-state index is 11.1. The molecule has 102 valence electrons. The number of hydrogen-bond donors (Lipinski definition) is 1. The molecule has 1 aromatic carbocycles. The van der Waals surface area contributed by atoms with Gasteiger partial charge in [0.1, 0.15) is 23.7 Å². The molecule has 3 rings (SSSR count). The fourth-order valence-corrected chi connectivity index (χ4v) is 3.15. The van der Waals surface area contributed by atoms with E-state index in [1.807, 2.05) is 20.8 Å². The van der Waals surface area contributed by atoms with Gasteiger partial charge in [-0.15, -0.1) is 0 Å². The molecule has 2 aliphatic heterocycles. The van der Waals surface area contributed by atoms with Crippen LogP contribution in [0, 0.1) is 6.92 Å². The summed E-state index contributed by atoms with van der Waals surface area (Å²) in [5.41, 5.74) is 4.08. The zero-order chi connectivity index (χ0) is 13.7. The molecule has 0 spiro atoms. The smallest absolute Gasteiger partial charge is 0.307 e. The van der Waals surface area contributed by atoms with Crippen LogP contribution in [0.4, 0.5) is 0 Å². The number of fused-ring (bicyclic) bond motifs is 2. The lowest BCUT2D eigenvalue weighted by atomic mass is 9.92. The summed E-state index contributed by atoms with van der Waals surface area (Å²) in [6.07, 6.45) is 1.83. The van der Waals surface area contributed by atoms with E-state index in [9.17, 15) is 4.79 Å². The second-order valence-corrected chi connectivity index (χ2v) is 5.55. The predicted octanol–water partition coefficient (Wildman–Crippen LogP) is 2.27. The van der Waals surface area contributed by atoms with E-state index in [2.05, 4.69) is 0 Å². The number of hydrogen-bond acceptors (Lipinski definition) is 3. The first-order chi connectivity index (χ1) is 8.97. The van der Waals surface area contributed by atoms with E-state index in [1.165, 1.54) is 0 Å². The Bertz CT molecular complexity index is 523. The van der Waals surface area contributed by atoms with E-state index in [0.29, 0.717) is 0 Å². The van der Waals surface area contributed by atoms with Gasteiger partial charge in [-0.3, -0.25) is 4.79 Å². The summed E-state index contributed by atoms with van der Waals surface area (Å²) in [5, 5.41) is 9.13. The third-order valence-electron chi connectivity index (χ3n) is 3.93. The summed E-state index contributed by atoms with van der Waals surface area (Å²) in [7, 11) is 0. The van der Waals surface area contributed by atoms with Crippen LogP contribution in [0.25, 0.3) is 0 Å². The first kappa shape index (κ1) is 12.3. The molecule has 0 amide bonds. The highest BCUT2D eigenvalue weighted by Crippen LogP contribution is 2.46. The van der Waals surface area contributed by atoms with E-state index in [0.717, 1.165) is 46.6 Å². The van der Waals surface area contributed by atoms with Crippen molar-refractivity contribution < 1.29 is 19.4 Å². The fraction of sp³-hybridized carbons (Fsp3) is 0.533. The Hall–Kier alpha value is -1.71. The van der Waals surface area contributed by atoms with Gasteiger partial charge in [0, 0.05) is 29.5 Å². The molecule has 2 atom stereocenters. The zero-order valence-electron chi connectivity index (χ0n) is 11.4. The summed E-state index contributed by atoms with van der Waals surface area (Å²) >= 11 is 0. The number of carboxylic acid groups (broad SMARTS) is 1. The van der Waals surface area contributed by atoms with Crippen LogP contribution in [0.15, 0.2) is 0 Å². The molecule has 2 aliphatic rings. The highest BCUT2D eigenvalue weighted by Gasteiger charge is 2.34. The predicted molar refractivity (Wildman–Crippen MR) is 70.1 cm³/mol. The summed E-state index contributed by atoms with van der Waals surface area (Å²) in [4.78, 5) is 11.1. The summed E-state index contributed by atoms with van der Waals surface area (Å²) in [5.74, 6) is 0.861. The number of carboxylic acids is 1. The quantitative estimate of drug-likeness (QED) is 0.888. The van der Waals surface area contributed by atoms with Crippen molar-refractivity contribution in [1.82, 2.24) is 0 Å². The largest absolute Gasteiger partial charge is 0.490 e. The highest BCUT2D eigenvalue weighted by atomic mass is 16.5. The number of aliphatic carboxylic acids is 1. The number of rotatable bonds is 2. The molecule has 0 fully saturated rings. The van der Waals surface area contributed by atoms with Gasteiger partial charge in [0.15, 0.2) is 0 Å². The van der Waals surface area contributed by atoms with Crippen molar-refractivity contribution >= 4 is 5.97 Å². The van der Waals surface area contributed by atoms with Crippen molar-refractivity contribution in [2.45, 2.75) is 52.2 Å². The Labute approximate surface area is 112 Å². The summed E-state index contributed by atoms with van der Waals surface area (Å²) in [6.45, 7) is 6.07. The Morgan fingerprint density at radius 1 is 1.16 bits per heavy atom. The van der Waals surface area contributed by atoms with Crippen LogP contribution >= 0.6 is 0 Å². The van der Waals surface area contributed by atoms with Crippen LogP contribution in [0.2, 0.25) is 0 Å². The maximum absolute atomic E-state index is 11.1. The molecule has 2 unspecified atom stereocenters. The van der Waals surface area contributed by atoms with Crippen molar-refractivity contribution in [2.75, 3.05) is 0 Å². The SMILES string of the molecule is Cc1c2c(c(CC(=O)O)c3c1OC(C)C3)OC(C)C2. The van der Waals surface area contributed by atoms with Crippen LogP contribution in [-0.4, -0.2) is 23.3 Å². The highest BCUT2D eigenvalue weighted by molar-refractivity contribution is 5.75. The van der Waals surface area contributed by atoms with Gasteiger partial charge in [0.2, 0.25) is 0 Å². The summed E-state index contributed by atoms with van der Waals surface area (Å²) in [6, 6.07) is 0. The van der Waals surface area contributed by atoms with Crippen molar-refractivity contribution in [3.8, 4) is 11.5 Å². The molecule has 4 nitrogen and oxygen atoms in total. The third-order valence-corrected chi connectivity index (χ3v) is 3.93. The minimum atomic E-state index is -0.823. The second kappa shape index (κ2) is 4.15. The molecule has 0 saturated heterocycles. The van der Waals surface area contributed by atoms with Crippen molar-refractivity contribution in [3.05, 3.63) is 22.3 Å². The minimum absolute atomic E-state index is 0.00769. The van der Waals surface area contributed by atoms with Gasteiger partial charge in [-0.2, -0.15) is 0 Å². The number of benzene rings is 1. The van der Waals surface area contributed by atoms with E-state index >= 15 is 0 Å². The molecule has 2 heterocycles. The Balaban J connectivity index is 2.20. The van der Waals surface area contributed by atoms with E-state index in [-0.39, 0.29) is 18.6 Å². The van der Waals surface area contributed by atoms with Gasteiger partial charge in [0.25, 0.3) is 0 Å². The first-order valence-corrected chi connectivity index (χ1v) is 6.69. The van der Waals surface area contributed by atoms with Crippen LogP contribution in [0.1, 0.15) is 36.1 Å². The topological polar surface area (TPSA) is 55.8 Å². The number of ether oxygens (including phenoxy) is 2. The molecule has 0 saturated carbocycles. The van der Waals surface area contributed by atoms with Gasteiger partial charge in [-0.1, -0.05) is 0 Å². The van der Waals surface area contributed by atoms with Crippen LogP contribution in [0.3, 0.4) is 0 Å². The van der Waals surface area contributed by atoms with Crippen molar-refractivity contribution in [3.63, 3.8) is 0 Å². The van der Waals surface area contributed by atoms with E-state index in [4.69, 9.17) is 14.6 Å². The first-order valence-electron chi connectivity index (χ1n) is 6.69. The molecular weight excluding hydrogens is 244 g/mol. The molecular formula is C15H18O4. The van der Waals surface area contributed by atoms with E-state index in [1.54, 1.807) is 0 Å². The molecule has 0 bridgehead atoms. The molecule has 1 N–H and O–H groups in total. The molecule has 0 aliphatic carbocycles. The fourth-order valence-electron chi connectivity index (χ4n) is 3.15. The molecule has 1 aromatic rings. The van der Waals surface area contributed by atoms with E-state index < -0.39 is 5.97 Å².